The second kappa shape index (κ2) is 8.83. The molecule has 0 spiro atoms. The topological polar surface area (TPSA) is 44.8 Å². The summed E-state index contributed by atoms with van der Waals surface area (Å²) in [6.45, 7) is 6.09. The Hall–Kier alpha value is -1.49. The van der Waals surface area contributed by atoms with Gasteiger partial charge in [-0.1, -0.05) is 12.5 Å². The molecule has 0 N–H and O–H groups in total. The summed E-state index contributed by atoms with van der Waals surface area (Å²) in [6, 6.07) is 6.00. The van der Waals surface area contributed by atoms with Crippen molar-refractivity contribution in [3.63, 3.8) is 0 Å². The molecule has 0 atom stereocenters. The Morgan fingerprint density at radius 1 is 1.00 bits per heavy atom. The lowest BCUT2D eigenvalue weighted by Gasteiger charge is -2.17. The summed E-state index contributed by atoms with van der Waals surface area (Å²) in [5.74, 6) is 1.46. The third-order valence-corrected chi connectivity index (χ3v) is 4.05. The molecule has 0 aliphatic carbocycles. The van der Waals surface area contributed by atoms with Crippen LogP contribution in [0.25, 0.3) is 0 Å². The second-order valence-electron chi connectivity index (χ2n) is 6.34. The highest BCUT2D eigenvalue weighted by atomic mass is 28.4. The number of ether oxygens (including phenoxy) is 2. The zero-order chi connectivity index (χ0) is 16.6. The Labute approximate surface area is 134 Å². The van der Waals surface area contributed by atoms with Crippen LogP contribution in [0.5, 0.6) is 11.5 Å². The molecule has 0 saturated heterocycles. The lowest BCUT2D eigenvalue weighted by molar-refractivity contribution is -0.135. The Bertz CT molecular complexity index is 480. The molecule has 22 heavy (non-hydrogen) atoms. The van der Waals surface area contributed by atoms with Crippen molar-refractivity contribution in [2.24, 2.45) is 0 Å². The van der Waals surface area contributed by atoms with Crippen molar-refractivity contribution in [1.29, 1.82) is 0 Å². The minimum Gasteiger partial charge on any atom is -0.520 e. The normalized spacial score (nSPS) is 11.1. The van der Waals surface area contributed by atoms with Gasteiger partial charge in [-0.25, -0.2) is 0 Å². The van der Waals surface area contributed by atoms with Crippen molar-refractivity contribution < 1.29 is 18.7 Å². The van der Waals surface area contributed by atoms with Gasteiger partial charge in [0.15, 0.2) is 11.5 Å². The molecule has 0 aliphatic rings. The second-order valence-corrected chi connectivity index (χ2v) is 10.8. The van der Waals surface area contributed by atoms with Gasteiger partial charge in [0, 0.05) is 6.42 Å². The summed E-state index contributed by atoms with van der Waals surface area (Å²) >= 11 is 0. The van der Waals surface area contributed by atoms with E-state index in [0.29, 0.717) is 6.42 Å². The third-order valence-electron chi connectivity index (χ3n) is 3.21. The molecule has 124 valence electrons. The maximum absolute atomic E-state index is 11.6. The van der Waals surface area contributed by atoms with Crippen LogP contribution in [-0.4, -0.2) is 28.5 Å². The van der Waals surface area contributed by atoms with Crippen molar-refractivity contribution in [1.82, 2.24) is 0 Å². The van der Waals surface area contributed by atoms with E-state index in [1.165, 1.54) is 5.56 Å². The number of unbranched alkanes of at least 4 members (excludes halogenated alkanes) is 2. The van der Waals surface area contributed by atoms with Crippen LogP contribution in [0.3, 0.4) is 0 Å². The van der Waals surface area contributed by atoms with Gasteiger partial charge in [-0.05, 0) is 56.6 Å². The number of methoxy groups -OCH3 is 2. The first-order valence-electron chi connectivity index (χ1n) is 7.78. The minimum absolute atomic E-state index is 0.0507. The van der Waals surface area contributed by atoms with Crippen molar-refractivity contribution >= 4 is 14.3 Å². The van der Waals surface area contributed by atoms with E-state index < -0.39 is 8.32 Å². The number of hydrogen-bond donors (Lipinski definition) is 0. The molecular formula is C17H28O4Si. The Morgan fingerprint density at radius 3 is 2.27 bits per heavy atom. The van der Waals surface area contributed by atoms with Crippen LogP contribution >= 0.6 is 0 Å². The van der Waals surface area contributed by atoms with Crippen molar-refractivity contribution in [3.8, 4) is 11.5 Å². The molecule has 0 radical (unpaired) electrons. The SMILES string of the molecule is COc1ccc(CCCCCC(=O)O[Si](C)(C)C)cc1OC. The van der Waals surface area contributed by atoms with Crippen LogP contribution in [-0.2, 0) is 15.6 Å². The lowest BCUT2D eigenvalue weighted by Crippen LogP contribution is -2.28. The largest absolute Gasteiger partial charge is 0.520 e. The van der Waals surface area contributed by atoms with Crippen LogP contribution < -0.4 is 9.47 Å². The molecule has 4 nitrogen and oxygen atoms in total. The van der Waals surface area contributed by atoms with Gasteiger partial charge in [0.25, 0.3) is 5.97 Å². The van der Waals surface area contributed by atoms with E-state index in [1.807, 2.05) is 31.8 Å². The van der Waals surface area contributed by atoms with Gasteiger partial charge in [0.05, 0.1) is 14.2 Å². The molecular weight excluding hydrogens is 296 g/mol. The number of benzene rings is 1. The predicted octanol–water partition coefficient (Wildman–Crippen LogP) is 4.18. The number of aryl methyl sites for hydroxylation is 1. The summed E-state index contributed by atoms with van der Waals surface area (Å²) < 4.78 is 16.0. The summed E-state index contributed by atoms with van der Waals surface area (Å²) in [4.78, 5) is 11.6. The van der Waals surface area contributed by atoms with E-state index >= 15 is 0 Å². The minimum atomic E-state index is -1.74. The van der Waals surface area contributed by atoms with Gasteiger partial charge in [0.2, 0.25) is 8.32 Å². The Balaban J connectivity index is 2.29. The first-order valence-corrected chi connectivity index (χ1v) is 11.2. The van der Waals surface area contributed by atoms with Crippen LogP contribution in [0.4, 0.5) is 0 Å². The number of carbonyl (C=O) groups is 1. The molecule has 5 heteroatoms. The first kappa shape index (κ1) is 18.6. The molecule has 0 fully saturated rings. The monoisotopic (exact) mass is 324 g/mol. The smallest absolute Gasteiger partial charge is 0.292 e. The average molecular weight is 324 g/mol. The van der Waals surface area contributed by atoms with E-state index in [-0.39, 0.29) is 5.97 Å². The highest BCUT2D eigenvalue weighted by Gasteiger charge is 2.19. The average Bonchev–Trinajstić information content (AvgIpc) is 2.44. The van der Waals surface area contributed by atoms with Gasteiger partial charge in [0.1, 0.15) is 0 Å². The summed E-state index contributed by atoms with van der Waals surface area (Å²) in [5.41, 5.74) is 1.22. The number of rotatable bonds is 9. The first-order chi connectivity index (χ1) is 10.4. The maximum Gasteiger partial charge on any atom is 0.292 e. The van der Waals surface area contributed by atoms with Crippen molar-refractivity contribution in [2.75, 3.05) is 14.2 Å². The fourth-order valence-electron chi connectivity index (χ4n) is 2.20. The van der Waals surface area contributed by atoms with Gasteiger partial charge in [-0.3, -0.25) is 4.79 Å². The molecule has 1 rings (SSSR count). The predicted molar refractivity (Wildman–Crippen MR) is 91.2 cm³/mol. The molecule has 0 aliphatic heterocycles. The lowest BCUT2D eigenvalue weighted by atomic mass is 10.1. The van der Waals surface area contributed by atoms with Crippen molar-refractivity contribution in [2.45, 2.75) is 51.7 Å². The van der Waals surface area contributed by atoms with E-state index in [1.54, 1.807) is 14.2 Å². The fourth-order valence-corrected chi connectivity index (χ4v) is 2.99. The molecule has 0 bridgehead atoms. The quantitative estimate of drug-likeness (QED) is 0.505. The zero-order valence-corrected chi connectivity index (χ0v) is 15.4. The summed E-state index contributed by atoms with van der Waals surface area (Å²) in [7, 11) is 1.54. The van der Waals surface area contributed by atoms with Gasteiger partial charge < -0.3 is 13.9 Å². The fraction of sp³-hybridized carbons (Fsp3) is 0.588. The highest BCUT2D eigenvalue weighted by molar-refractivity contribution is 6.71. The summed E-state index contributed by atoms with van der Waals surface area (Å²) in [6.07, 6.45) is 4.46. The van der Waals surface area contributed by atoms with E-state index in [4.69, 9.17) is 13.9 Å². The molecule has 0 aromatic heterocycles. The molecule has 0 amide bonds. The van der Waals surface area contributed by atoms with Crippen LogP contribution in [0.1, 0.15) is 31.2 Å². The van der Waals surface area contributed by atoms with E-state index in [0.717, 1.165) is 37.2 Å². The summed E-state index contributed by atoms with van der Waals surface area (Å²) in [5, 5.41) is 0. The molecule has 1 aromatic carbocycles. The number of hydrogen-bond acceptors (Lipinski definition) is 4. The van der Waals surface area contributed by atoms with E-state index in [2.05, 4.69) is 6.07 Å². The van der Waals surface area contributed by atoms with Gasteiger partial charge >= 0.3 is 0 Å². The van der Waals surface area contributed by atoms with Gasteiger partial charge in [-0.2, -0.15) is 0 Å². The third kappa shape index (κ3) is 6.98. The number of carbonyl (C=O) groups excluding carboxylic acids is 1. The maximum atomic E-state index is 11.6. The zero-order valence-electron chi connectivity index (χ0n) is 14.4. The van der Waals surface area contributed by atoms with Crippen molar-refractivity contribution in [3.05, 3.63) is 23.8 Å². The van der Waals surface area contributed by atoms with Crippen LogP contribution in [0.2, 0.25) is 19.6 Å². The molecule has 0 unspecified atom stereocenters. The molecule has 0 heterocycles. The highest BCUT2D eigenvalue weighted by Crippen LogP contribution is 2.28. The molecule has 1 aromatic rings. The Kier molecular flexibility index (Phi) is 7.45. The van der Waals surface area contributed by atoms with Crippen LogP contribution in [0.15, 0.2) is 18.2 Å². The van der Waals surface area contributed by atoms with Gasteiger partial charge in [-0.15, -0.1) is 0 Å². The van der Waals surface area contributed by atoms with Crippen LogP contribution in [0, 0.1) is 0 Å². The Morgan fingerprint density at radius 2 is 1.68 bits per heavy atom. The molecule has 0 saturated carbocycles. The standard InChI is InChI=1S/C17H28O4Si/c1-19-15-12-11-14(13-16(15)20-2)9-7-6-8-10-17(18)21-22(3,4)5/h11-13H,6-10H2,1-5H3. The van der Waals surface area contributed by atoms with E-state index in [9.17, 15) is 4.79 Å².